The summed E-state index contributed by atoms with van der Waals surface area (Å²) in [7, 11) is 0. The minimum atomic E-state index is 0.732. The topological polar surface area (TPSA) is 12.0 Å². The van der Waals surface area contributed by atoms with E-state index in [1.807, 2.05) is 0 Å². The van der Waals surface area contributed by atoms with Crippen LogP contribution in [0.5, 0.6) is 0 Å². The van der Waals surface area contributed by atoms with E-state index in [1.54, 1.807) is 0 Å². The van der Waals surface area contributed by atoms with Crippen LogP contribution in [0.2, 0.25) is 0 Å². The van der Waals surface area contributed by atoms with Crippen molar-refractivity contribution in [1.82, 2.24) is 5.32 Å². The van der Waals surface area contributed by atoms with E-state index in [-0.39, 0.29) is 0 Å². The van der Waals surface area contributed by atoms with Gasteiger partial charge in [0.1, 0.15) is 0 Å². The molecule has 1 aliphatic carbocycles. The first-order chi connectivity index (χ1) is 7.84. The Morgan fingerprint density at radius 2 is 2.06 bits per heavy atom. The van der Waals surface area contributed by atoms with Gasteiger partial charge in [0.05, 0.1) is 0 Å². The van der Waals surface area contributed by atoms with Crippen molar-refractivity contribution in [3.05, 3.63) is 0 Å². The lowest BCUT2D eigenvalue weighted by Gasteiger charge is -2.24. The van der Waals surface area contributed by atoms with E-state index in [9.17, 15) is 0 Å². The third-order valence-corrected chi connectivity index (χ3v) is 6.59. The van der Waals surface area contributed by atoms with Gasteiger partial charge in [0.25, 0.3) is 0 Å². The quantitative estimate of drug-likeness (QED) is 0.813. The Morgan fingerprint density at radius 1 is 1.25 bits per heavy atom. The molecule has 1 saturated heterocycles. The van der Waals surface area contributed by atoms with Gasteiger partial charge in [0.15, 0.2) is 0 Å². The average molecular weight is 259 g/mol. The smallest absolute Gasteiger partial charge is 0.0263 e. The third-order valence-electron chi connectivity index (χ3n) is 3.74. The minimum Gasteiger partial charge on any atom is -0.313 e. The predicted octanol–water partition coefficient (Wildman–Crippen LogP) is 3.39. The molecule has 2 fully saturated rings. The molecule has 0 aromatic rings. The Balaban J connectivity index is 1.57. The molecule has 1 nitrogen and oxygen atoms in total. The SMILES string of the molecule is CC(CC1CCCC1)NCC1CSCCS1. The van der Waals surface area contributed by atoms with E-state index in [2.05, 4.69) is 35.8 Å². The first-order valence-corrected chi connectivity index (χ1v) is 8.97. The van der Waals surface area contributed by atoms with Crippen molar-refractivity contribution in [2.24, 2.45) is 5.92 Å². The second-order valence-corrected chi connectivity index (χ2v) is 7.82. The largest absolute Gasteiger partial charge is 0.313 e. The summed E-state index contributed by atoms with van der Waals surface area (Å²) in [5.74, 6) is 5.09. The summed E-state index contributed by atoms with van der Waals surface area (Å²) < 4.78 is 0. The molecule has 0 bridgehead atoms. The Kier molecular flexibility index (Phi) is 5.87. The fraction of sp³-hybridized carbons (Fsp3) is 1.00. The van der Waals surface area contributed by atoms with Gasteiger partial charge in [0, 0.05) is 35.1 Å². The monoisotopic (exact) mass is 259 g/mol. The molecular formula is C13H25NS2. The molecule has 0 aromatic carbocycles. The molecule has 2 atom stereocenters. The van der Waals surface area contributed by atoms with Crippen molar-refractivity contribution in [1.29, 1.82) is 0 Å². The average Bonchev–Trinajstić information content (AvgIpc) is 2.81. The van der Waals surface area contributed by atoms with Gasteiger partial charge in [-0.2, -0.15) is 23.5 Å². The third kappa shape index (κ3) is 4.50. The van der Waals surface area contributed by atoms with Gasteiger partial charge in [0.2, 0.25) is 0 Å². The summed E-state index contributed by atoms with van der Waals surface area (Å²) in [4.78, 5) is 0. The van der Waals surface area contributed by atoms with Crippen LogP contribution in [0.1, 0.15) is 39.0 Å². The molecule has 1 aliphatic heterocycles. The summed E-state index contributed by atoms with van der Waals surface area (Å²) in [5.41, 5.74) is 0. The summed E-state index contributed by atoms with van der Waals surface area (Å²) in [6.45, 7) is 3.60. The lowest BCUT2D eigenvalue weighted by atomic mass is 9.99. The van der Waals surface area contributed by atoms with Crippen molar-refractivity contribution in [2.75, 3.05) is 23.8 Å². The second kappa shape index (κ2) is 7.17. The van der Waals surface area contributed by atoms with Crippen LogP contribution in [0.3, 0.4) is 0 Å². The zero-order valence-electron chi connectivity index (χ0n) is 10.4. The van der Waals surface area contributed by atoms with Crippen LogP contribution in [0.4, 0.5) is 0 Å². The Hall–Kier alpha value is 0.660. The lowest BCUT2D eigenvalue weighted by molar-refractivity contribution is 0.407. The number of thioether (sulfide) groups is 2. The van der Waals surface area contributed by atoms with Gasteiger partial charge in [-0.1, -0.05) is 25.7 Å². The fourth-order valence-corrected chi connectivity index (χ4v) is 5.44. The van der Waals surface area contributed by atoms with E-state index in [0.29, 0.717) is 0 Å². The van der Waals surface area contributed by atoms with Crippen molar-refractivity contribution < 1.29 is 0 Å². The molecule has 0 radical (unpaired) electrons. The number of hydrogen-bond acceptors (Lipinski definition) is 3. The molecule has 2 aliphatic rings. The molecule has 1 heterocycles. The van der Waals surface area contributed by atoms with Crippen LogP contribution >= 0.6 is 23.5 Å². The van der Waals surface area contributed by atoms with Gasteiger partial charge < -0.3 is 5.32 Å². The van der Waals surface area contributed by atoms with Crippen LogP contribution in [-0.4, -0.2) is 35.1 Å². The zero-order chi connectivity index (χ0) is 11.2. The fourth-order valence-electron chi connectivity index (χ4n) is 2.82. The maximum absolute atomic E-state index is 3.75. The number of nitrogens with one attached hydrogen (secondary N) is 1. The van der Waals surface area contributed by atoms with E-state index in [4.69, 9.17) is 0 Å². The van der Waals surface area contributed by atoms with Gasteiger partial charge in [-0.05, 0) is 19.3 Å². The lowest BCUT2D eigenvalue weighted by Crippen LogP contribution is -2.35. The Morgan fingerprint density at radius 3 is 2.75 bits per heavy atom. The molecule has 2 unspecified atom stereocenters. The van der Waals surface area contributed by atoms with Crippen molar-refractivity contribution in [3.8, 4) is 0 Å². The van der Waals surface area contributed by atoms with Gasteiger partial charge in [-0.15, -0.1) is 0 Å². The second-order valence-electron chi connectivity index (χ2n) is 5.26. The van der Waals surface area contributed by atoms with Crippen molar-refractivity contribution >= 4 is 23.5 Å². The van der Waals surface area contributed by atoms with E-state index < -0.39 is 0 Å². The molecule has 0 amide bonds. The molecule has 0 aromatic heterocycles. The molecule has 16 heavy (non-hydrogen) atoms. The minimum absolute atomic E-state index is 0.732. The highest BCUT2D eigenvalue weighted by atomic mass is 32.2. The highest BCUT2D eigenvalue weighted by Crippen LogP contribution is 2.28. The highest BCUT2D eigenvalue weighted by molar-refractivity contribution is 8.06. The van der Waals surface area contributed by atoms with Gasteiger partial charge in [-0.25, -0.2) is 0 Å². The van der Waals surface area contributed by atoms with Crippen molar-refractivity contribution in [3.63, 3.8) is 0 Å². The molecule has 1 N–H and O–H groups in total. The first-order valence-electron chi connectivity index (χ1n) is 6.77. The number of hydrogen-bond donors (Lipinski definition) is 1. The molecule has 2 rings (SSSR count). The summed E-state index contributed by atoms with van der Waals surface area (Å²) in [6, 6.07) is 0.732. The molecule has 1 saturated carbocycles. The Bertz CT molecular complexity index is 186. The van der Waals surface area contributed by atoms with Crippen molar-refractivity contribution in [2.45, 2.75) is 50.3 Å². The van der Waals surface area contributed by atoms with E-state index >= 15 is 0 Å². The molecule has 3 heteroatoms. The van der Waals surface area contributed by atoms with E-state index in [1.165, 1.54) is 55.9 Å². The number of rotatable bonds is 5. The normalized spacial score (nSPS) is 29.4. The predicted molar refractivity (Wildman–Crippen MR) is 77.6 cm³/mol. The van der Waals surface area contributed by atoms with Crippen LogP contribution in [0.25, 0.3) is 0 Å². The van der Waals surface area contributed by atoms with E-state index in [0.717, 1.165) is 17.2 Å². The zero-order valence-corrected chi connectivity index (χ0v) is 12.0. The maximum atomic E-state index is 3.75. The van der Waals surface area contributed by atoms with Gasteiger partial charge >= 0.3 is 0 Å². The van der Waals surface area contributed by atoms with Crippen LogP contribution in [0, 0.1) is 5.92 Å². The maximum Gasteiger partial charge on any atom is 0.0263 e. The molecular weight excluding hydrogens is 234 g/mol. The van der Waals surface area contributed by atoms with Crippen LogP contribution < -0.4 is 5.32 Å². The summed E-state index contributed by atoms with van der Waals surface area (Å²) >= 11 is 4.29. The Labute approximate surface area is 109 Å². The molecule has 0 spiro atoms. The van der Waals surface area contributed by atoms with Crippen LogP contribution in [-0.2, 0) is 0 Å². The summed E-state index contributed by atoms with van der Waals surface area (Å²) in [6.07, 6.45) is 7.34. The summed E-state index contributed by atoms with van der Waals surface area (Å²) in [5, 5.41) is 4.61. The first kappa shape index (κ1) is 13.1. The van der Waals surface area contributed by atoms with Gasteiger partial charge in [-0.3, -0.25) is 0 Å². The highest BCUT2D eigenvalue weighted by Gasteiger charge is 2.19. The standard InChI is InChI=1S/C13H25NS2/c1-11(8-12-4-2-3-5-12)14-9-13-10-15-6-7-16-13/h11-14H,2-10H2,1H3. The van der Waals surface area contributed by atoms with Crippen LogP contribution in [0.15, 0.2) is 0 Å². The molecule has 94 valence electrons.